The van der Waals surface area contributed by atoms with Crippen LogP contribution in [-0.2, 0) is 4.74 Å². The quantitative estimate of drug-likeness (QED) is 0.467. The van der Waals surface area contributed by atoms with Gasteiger partial charge >= 0.3 is 0 Å². The summed E-state index contributed by atoms with van der Waals surface area (Å²) in [4.78, 5) is 11.6. The molecule has 40 heavy (non-hydrogen) atoms. The fourth-order valence-electron chi connectivity index (χ4n) is 5.78. The van der Waals surface area contributed by atoms with E-state index in [4.69, 9.17) is 10.5 Å². The van der Waals surface area contributed by atoms with Crippen LogP contribution in [0, 0.1) is 11.8 Å². The second-order valence-electron chi connectivity index (χ2n) is 11.3. The first kappa shape index (κ1) is 27.7. The second kappa shape index (κ2) is 11.7. The van der Waals surface area contributed by atoms with Crippen LogP contribution in [0.1, 0.15) is 39.8 Å². The fraction of sp³-hybridized carbons (Fsp3) is 0.452. The molecule has 2 aliphatic rings. The van der Waals surface area contributed by atoms with Gasteiger partial charge in [0.2, 0.25) is 0 Å². The van der Waals surface area contributed by atoms with Gasteiger partial charge in [-0.1, -0.05) is 25.0 Å². The predicted molar refractivity (Wildman–Crippen MR) is 159 cm³/mol. The van der Waals surface area contributed by atoms with Gasteiger partial charge in [-0.15, -0.1) is 10.2 Å². The lowest BCUT2D eigenvalue weighted by Gasteiger charge is -2.48. The van der Waals surface area contributed by atoms with Gasteiger partial charge in [0.15, 0.2) is 5.82 Å². The summed E-state index contributed by atoms with van der Waals surface area (Å²) in [7, 11) is 0. The van der Waals surface area contributed by atoms with E-state index in [9.17, 15) is 5.11 Å². The molecule has 9 heteroatoms. The molecular formula is C31H39N7O2. The highest BCUT2D eigenvalue weighted by Crippen LogP contribution is 2.34. The van der Waals surface area contributed by atoms with Crippen molar-refractivity contribution in [2.45, 2.75) is 51.8 Å². The van der Waals surface area contributed by atoms with Gasteiger partial charge in [-0.25, -0.2) is 4.98 Å². The Kier molecular flexibility index (Phi) is 8.10. The van der Waals surface area contributed by atoms with Gasteiger partial charge in [0.1, 0.15) is 11.4 Å². The molecule has 2 saturated heterocycles. The largest absolute Gasteiger partial charge is 0.507 e. The van der Waals surface area contributed by atoms with Crippen molar-refractivity contribution in [2.75, 3.05) is 54.9 Å². The van der Waals surface area contributed by atoms with Crippen LogP contribution in [0.3, 0.4) is 0 Å². The van der Waals surface area contributed by atoms with E-state index in [-0.39, 0.29) is 23.4 Å². The highest BCUT2D eigenvalue weighted by atomic mass is 16.5. The molecule has 0 radical (unpaired) electrons. The first-order valence-corrected chi connectivity index (χ1v) is 14.0. The molecule has 2 unspecified atom stereocenters. The summed E-state index contributed by atoms with van der Waals surface area (Å²) in [5.41, 5.74) is 10.2. The van der Waals surface area contributed by atoms with Crippen LogP contribution in [0.15, 0.2) is 48.7 Å². The number of piperazine rings is 1. The SMILES string of the molecule is CCC1CN(c2cc(-c3ccccc3O)nnc2N)CC(C)N1c1ccnc(C#CCN2CCOC(C)(C)C2)c1. The summed E-state index contributed by atoms with van der Waals surface area (Å²) in [5, 5.41) is 18.8. The number of benzene rings is 1. The molecule has 2 atom stereocenters. The Morgan fingerprint density at radius 2 is 1.98 bits per heavy atom. The Morgan fingerprint density at radius 3 is 2.75 bits per heavy atom. The number of hydrogen-bond donors (Lipinski definition) is 2. The van der Waals surface area contributed by atoms with Gasteiger partial charge in [0, 0.05) is 55.7 Å². The second-order valence-corrected chi connectivity index (χ2v) is 11.3. The minimum atomic E-state index is -0.132. The molecule has 9 nitrogen and oxygen atoms in total. The van der Waals surface area contributed by atoms with Gasteiger partial charge in [0.25, 0.3) is 0 Å². The zero-order chi connectivity index (χ0) is 28.3. The molecule has 5 rings (SSSR count). The van der Waals surface area contributed by atoms with Crippen LogP contribution in [0.25, 0.3) is 11.3 Å². The number of aromatic hydroxyl groups is 1. The molecule has 3 aromatic rings. The average Bonchev–Trinajstić information content (AvgIpc) is 2.93. The van der Waals surface area contributed by atoms with Crippen molar-refractivity contribution in [3.8, 4) is 28.8 Å². The standard InChI is InChI=1S/C31H39N7O2/c1-5-24-20-37(28-18-27(34-35-30(28)32)26-10-6-7-11-29(26)39)19-22(2)38(24)25-12-13-33-23(17-25)9-8-14-36-15-16-40-31(3,4)21-36/h6-7,10-13,17-18,22,24,39H,5,14-16,19-21H2,1-4H3,(H2,32,35). The smallest absolute Gasteiger partial charge is 0.169 e. The van der Waals surface area contributed by atoms with Crippen molar-refractivity contribution in [1.29, 1.82) is 0 Å². The predicted octanol–water partition coefficient (Wildman–Crippen LogP) is 3.78. The molecule has 210 valence electrons. The van der Waals surface area contributed by atoms with Crippen molar-refractivity contribution in [3.63, 3.8) is 0 Å². The number of hydrogen-bond acceptors (Lipinski definition) is 9. The van der Waals surface area contributed by atoms with Crippen LogP contribution in [0.4, 0.5) is 17.2 Å². The van der Waals surface area contributed by atoms with Crippen LogP contribution < -0.4 is 15.5 Å². The number of nitrogens with zero attached hydrogens (tertiary/aromatic N) is 6. The van der Waals surface area contributed by atoms with Gasteiger partial charge in [-0.2, -0.15) is 0 Å². The van der Waals surface area contributed by atoms with Gasteiger partial charge < -0.3 is 25.4 Å². The zero-order valence-electron chi connectivity index (χ0n) is 23.8. The molecule has 2 aromatic heterocycles. The molecule has 2 fully saturated rings. The Hall–Kier alpha value is -3.87. The minimum absolute atomic E-state index is 0.132. The maximum atomic E-state index is 10.3. The molecule has 1 aromatic carbocycles. The number of phenolic OH excluding ortho intramolecular Hbond substituents is 1. The third-order valence-corrected chi connectivity index (χ3v) is 7.64. The van der Waals surface area contributed by atoms with Crippen molar-refractivity contribution in [2.24, 2.45) is 0 Å². The monoisotopic (exact) mass is 541 g/mol. The van der Waals surface area contributed by atoms with E-state index in [1.807, 2.05) is 24.4 Å². The molecule has 4 heterocycles. The maximum absolute atomic E-state index is 10.3. The highest BCUT2D eigenvalue weighted by molar-refractivity contribution is 5.74. The zero-order valence-corrected chi connectivity index (χ0v) is 23.8. The fourth-order valence-corrected chi connectivity index (χ4v) is 5.78. The van der Waals surface area contributed by atoms with E-state index in [1.165, 1.54) is 0 Å². The molecule has 0 bridgehead atoms. The lowest BCUT2D eigenvalue weighted by Crippen LogP contribution is -2.58. The topological polar surface area (TPSA) is 104 Å². The van der Waals surface area contributed by atoms with E-state index < -0.39 is 0 Å². The molecule has 0 spiro atoms. The number of ether oxygens (including phenoxy) is 1. The van der Waals surface area contributed by atoms with Gasteiger partial charge in [-0.05, 0) is 63.4 Å². The van der Waals surface area contributed by atoms with Crippen LogP contribution in [0.5, 0.6) is 5.75 Å². The Morgan fingerprint density at radius 1 is 1.15 bits per heavy atom. The van der Waals surface area contributed by atoms with Gasteiger partial charge in [0.05, 0.1) is 30.1 Å². The number of phenols is 1. The summed E-state index contributed by atoms with van der Waals surface area (Å²) in [6.07, 6.45) is 2.81. The van der Waals surface area contributed by atoms with Crippen LogP contribution >= 0.6 is 0 Å². The lowest BCUT2D eigenvalue weighted by atomic mass is 10.0. The Labute approximate surface area is 237 Å². The molecule has 0 saturated carbocycles. The number of pyridine rings is 1. The number of morpholine rings is 1. The Bertz CT molecular complexity index is 1400. The normalized spacial score (nSPS) is 21.1. The van der Waals surface area contributed by atoms with Crippen LogP contribution in [-0.4, -0.2) is 82.2 Å². The molecule has 0 amide bonds. The summed E-state index contributed by atoms with van der Waals surface area (Å²) in [5.74, 6) is 7.16. The molecule has 2 aliphatic heterocycles. The van der Waals surface area contributed by atoms with Gasteiger partial charge in [-0.3, -0.25) is 4.90 Å². The number of nitrogens with two attached hydrogens (primary N) is 1. The van der Waals surface area contributed by atoms with Crippen molar-refractivity contribution >= 4 is 17.2 Å². The van der Waals surface area contributed by atoms with Crippen molar-refractivity contribution in [1.82, 2.24) is 20.1 Å². The molecular weight excluding hydrogens is 502 g/mol. The molecule has 3 N–H and O–H groups in total. The van der Waals surface area contributed by atoms with Crippen molar-refractivity contribution < 1.29 is 9.84 Å². The Balaban J connectivity index is 1.33. The van der Waals surface area contributed by atoms with E-state index in [0.717, 1.165) is 56.3 Å². The number of anilines is 3. The summed E-state index contributed by atoms with van der Waals surface area (Å²) in [6.45, 7) is 13.5. The van der Waals surface area contributed by atoms with E-state index in [2.05, 4.69) is 81.5 Å². The lowest BCUT2D eigenvalue weighted by molar-refractivity contribution is -0.0824. The van der Waals surface area contributed by atoms with Crippen molar-refractivity contribution in [3.05, 3.63) is 54.4 Å². The summed E-state index contributed by atoms with van der Waals surface area (Å²) in [6, 6.07) is 13.7. The number of aromatic nitrogens is 3. The highest BCUT2D eigenvalue weighted by Gasteiger charge is 2.33. The minimum Gasteiger partial charge on any atom is -0.507 e. The van der Waals surface area contributed by atoms with Crippen LogP contribution in [0.2, 0.25) is 0 Å². The number of nitrogen functional groups attached to an aromatic ring is 1. The average molecular weight is 542 g/mol. The van der Waals surface area contributed by atoms with E-state index in [1.54, 1.807) is 12.1 Å². The third kappa shape index (κ3) is 6.14. The summed E-state index contributed by atoms with van der Waals surface area (Å²) < 4.78 is 5.81. The van der Waals surface area contributed by atoms with E-state index in [0.29, 0.717) is 23.6 Å². The number of para-hydroxylation sites is 1. The first-order chi connectivity index (χ1) is 19.2. The third-order valence-electron chi connectivity index (χ3n) is 7.64. The maximum Gasteiger partial charge on any atom is 0.169 e. The first-order valence-electron chi connectivity index (χ1n) is 14.0. The number of rotatable bonds is 5. The molecule has 0 aliphatic carbocycles. The summed E-state index contributed by atoms with van der Waals surface area (Å²) >= 11 is 0. The van der Waals surface area contributed by atoms with E-state index >= 15 is 0 Å².